The van der Waals surface area contributed by atoms with E-state index in [1.807, 2.05) is 11.8 Å². The lowest BCUT2D eigenvalue weighted by molar-refractivity contribution is -0.146. The molecule has 0 bridgehead atoms. The van der Waals surface area contributed by atoms with Gasteiger partial charge in [0.1, 0.15) is 0 Å². The standard InChI is InChI=1S/C13H23N3O2/c1-10(17)15-6-8-16(9-7-15)12(18)13(2)5-3-4-11(13)14/h11H,3-9,14H2,1-2H3. The van der Waals surface area contributed by atoms with Gasteiger partial charge in [0.2, 0.25) is 11.8 Å². The highest BCUT2D eigenvalue weighted by Gasteiger charge is 2.45. The molecule has 1 saturated heterocycles. The molecule has 2 N–H and O–H groups in total. The summed E-state index contributed by atoms with van der Waals surface area (Å²) in [6, 6.07) is -0.0177. The molecule has 0 spiro atoms. The van der Waals surface area contributed by atoms with Gasteiger partial charge >= 0.3 is 0 Å². The average Bonchev–Trinajstić information content (AvgIpc) is 2.70. The van der Waals surface area contributed by atoms with E-state index in [-0.39, 0.29) is 17.9 Å². The highest BCUT2D eigenvalue weighted by atomic mass is 16.2. The molecule has 18 heavy (non-hydrogen) atoms. The highest BCUT2D eigenvalue weighted by Crippen LogP contribution is 2.38. The maximum atomic E-state index is 12.6. The molecular weight excluding hydrogens is 230 g/mol. The summed E-state index contributed by atoms with van der Waals surface area (Å²) in [6.45, 7) is 6.14. The van der Waals surface area contributed by atoms with E-state index in [0.29, 0.717) is 26.2 Å². The van der Waals surface area contributed by atoms with Gasteiger partial charge in [-0.3, -0.25) is 9.59 Å². The molecule has 2 aliphatic rings. The monoisotopic (exact) mass is 253 g/mol. The average molecular weight is 253 g/mol. The summed E-state index contributed by atoms with van der Waals surface area (Å²) in [6.07, 6.45) is 2.87. The highest BCUT2D eigenvalue weighted by molar-refractivity contribution is 5.84. The number of piperazine rings is 1. The molecule has 2 unspecified atom stereocenters. The summed E-state index contributed by atoms with van der Waals surface area (Å²) < 4.78 is 0. The van der Waals surface area contributed by atoms with Crippen LogP contribution >= 0.6 is 0 Å². The van der Waals surface area contributed by atoms with Gasteiger partial charge in [-0.1, -0.05) is 6.42 Å². The fourth-order valence-electron chi connectivity index (χ4n) is 3.04. The van der Waals surface area contributed by atoms with E-state index in [2.05, 4.69) is 0 Å². The fourth-order valence-corrected chi connectivity index (χ4v) is 3.04. The molecule has 0 aromatic carbocycles. The van der Waals surface area contributed by atoms with E-state index in [9.17, 15) is 9.59 Å². The second-order valence-electron chi connectivity index (χ2n) is 5.71. The van der Waals surface area contributed by atoms with Crippen molar-refractivity contribution in [1.29, 1.82) is 0 Å². The molecule has 1 heterocycles. The molecule has 1 aliphatic carbocycles. The zero-order valence-corrected chi connectivity index (χ0v) is 11.3. The third kappa shape index (κ3) is 2.23. The maximum absolute atomic E-state index is 12.6. The SMILES string of the molecule is CC(=O)N1CCN(C(=O)C2(C)CCCC2N)CC1. The van der Waals surface area contributed by atoms with Crippen molar-refractivity contribution in [3.8, 4) is 0 Å². The largest absolute Gasteiger partial charge is 0.339 e. The summed E-state index contributed by atoms with van der Waals surface area (Å²) in [5, 5.41) is 0. The van der Waals surface area contributed by atoms with Crippen LogP contribution in [-0.2, 0) is 9.59 Å². The molecule has 2 rings (SSSR count). The lowest BCUT2D eigenvalue weighted by Crippen LogP contribution is -2.56. The Balaban J connectivity index is 1.97. The molecule has 2 amide bonds. The van der Waals surface area contributed by atoms with Gasteiger partial charge < -0.3 is 15.5 Å². The minimum absolute atomic E-state index is 0.0177. The van der Waals surface area contributed by atoms with E-state index < -0.39 is 5.41 Å². The van der Waals surface area contributed by atoms with E-state index in [1.165, 1.54) is 0 Å². The number of nitrogens with two attached hydrogens (primary N) is 1. The molecule has 0 aromatic rings. The molecule has 0 aromatic heterocycles. The van der Waals surface area contributed by atoms with Crippen molar-refractivity contribution < 1.29 is 9.59 Å². The van der Waals surface area contributed by atoms with E-state index in [1.54, 1.807) is 11.8 Å². The van der Waals surface area contributed by atoms with Crippen LogP contribution in [0.4, 0.5) is 0 Å². The predicted molar refractivity (Wildman–Crippen MR) is 68.8 cm³/mol. The van der Waals surface area contributed by atoms with Crippen LogP contribution in [0.5, 0.6) is 0 Å². The summed E-state index contributed by atoms with van der Waals surface area (Å²) in [7, 11) is 0. The third-order valence-corrected chi connectivity index (χ3v) is 4.53. The van der Waals surface area contributed by atoms with Gasteiger partial charge in [0.25, 0.3) is 0 Å². The number of carbonyl (C=O) groups is 2. The van der Waals surface area contributed by atoms with E-state index in [0.717, 1.165) is 19.3 Å². The minimum Gasteiger partial charge on any atom is -0.339 e. The van der Waals surface area contributed by atoms with Crippen LogP contribution in [0, 0.1) is 5.41 Å². The number of hydrogen-bond acceptors (Lipinski definition) is 3. The Labute approximate surface area is 108 Å². The van der Waals surface area contributed by atoms with Crippen LogP contribution in [0.3, 0.4) is 0 Å². The zero-order valence-electron chi connectivity index (χ0n) is 11.3. The maximum Gasteiger partial charge on any atom is 0.230 e. The van der Waals surface area contributed by atoms with Crippen molar-refractivity contribution in [3.05, 3.63) is 0 Å². The van der Waals surface area contributed by atoms with Crippen LogP contribution < -0.4 is 5.73 Å². The Bertz CT molecular complexity index is 350. The van der Waals surface area contributed by atoms with Crippen molar-refractivity contribution in [2.24, 2.45) is 11.1 Å². The summed E-state index contributed by atoms with van der Waals surface area (Å²) in [5.41, 5.74) is 5.69. The van der Waals surface area contributed by atoms with E-state index in [4.69, 9.17) is 5.73 Å². The second-order valence-corrected chi connectivity index (χ2v) is 5.71. The molecule has 2 fully saturated rings. The Kier molecular flexibility index (Phi) is 3.61. The van der Waals surface area contributed by atoms with Crippen LogP contribution in [0.2, 0.25) is 0 Å². The number of amides is 2. The van der Waals surface area contributed by atoms with Gasteiger partial charge in [-0.25, -0.2) is 0 Å². The quantitative estimate of drug-likeness (QED) is 0.725. The van der Waals surface area contributed by atoms with Crippen molar-refractivity contribution >= 4 is 11.8 Å². The Morgan fingerprint density at radius 1 is 1.17 bits per heavy atom. The first kappa shape index (κ1) is 13.3. The molecule has 2 atom stereocenters. The first-order chi connectivity index (χ1) is 8.45. The lowest BCUT2D eigenvalue weighted by Gasteiger charge is -2.39. The lowest BCUT2D eigenvalue weighted by atomic mass is 9.83. The second kappa shape index (κ2) is 4.88. The first-order valence-electron chi connectivity index (χ1n) is 6.75. The van der Waals surface area contributed by atoms with Crippen molar-refractivity contribution in [2.45, 2.75) is 39.2 Å². The fraction of sp³-hybridized carbons (Fsp3) is 0.846. The topological polar surface area (TPSA) is 66.6 Å². The van der Waals surface area contributed by atoms with E-state index >= 15 is 0 Å². The van der Waals surface area contributed by atoms with Crippen molar-refractivity contribution in [3.63, 3.8) is 0 Å². The normalized spacial score (nSPS) is 32.7. The molecule has 0 radical (unpaired) electrons. The summed E-state index contributed by atoms with van der Waals surface area (Å²) in [5.74, 6) is 0.265. The minimum atomic E-state index is -0.390. The Morgan fingerprint density at radius 3 is 2.17 bits per heavy atom. The molecular formula is C13H23N3O2. The molecule has 1 aliphatic heterocycles. The molecule has 102 valence electrons. The van der Waals surface area contributed by atoms with Gasteiger partial charge in [-0.05, 0) is 19.8 Å². The first-order valence-corrected chi connectivity index (χ1v) is 6.75. The number of rotatable bonds is 1. The van der Waals surface area contributed by atoms with Crippen LogP contribution in [0.15, 0.2) is 0 Å². The Hall–Kier alpha value is -1.10. The van der Waals surface area contributed by atoms with Gasteiger partial charge in [0, 0.05) is 39.1 Å². The number of hydrogen-bond donors (Lipinski definition) is 1. The molecule has 1 saturated carbocycles. The third-order valence-electron chi connectivity index (χ3n) is 4.53. The molecule has 5 nitrogen and oxygen atoms in total. The predicted octanol–water partition coefficient (Wildman–Crippen LogP) is 0.195. The number of carbonyl (C=O) groups excluding carboxylic acids is 2. The van der Waals surface area contributed by atoms with Gasteiger partial charge in [-0.2, -0.15) is 0 Å². The van der Waals surface area contributed by atoms with Crippen LogP contribution in [0.25, 0.3) is 0 Å². The van der Waals surface area contributed by atoms with Gasteiger partial charge in [0.05, 0.1) is 5.41 Å². The molecule has 5 heteroatoms. The van der Waals surface area contributed by atoms with Crippen LogP contribution in [0.1, 0.15) is 33.1 Å². The van der Waals surface area contributed by atoms with Crippen molar-refractivity contribution in [2.75, 3.05) is 26.2 Å². The summed E-state index contributed by atoms with van der Waals surface area (Å²) >= 11 is 0. The smallest absolute Gasteiger partial charge is 0.230 e. The number of nitrogens with zero attached hydrogens (tertiary/aromatic N) is 2. The summed E-state index contributed by atoms with van der Waals surface area (Å²) in [4.78, 5) is 27.5. The van der Waals surface area contributed by atoms with Gasteiger partial charge in [-0.15, -0.1) is 0 Å². The van der Waals surface area contributed by atoms with Gasteiger partial charge in [0.15, 0.2) is 0 Å². The Morgan fingerprint density at radius 2 is 1.72 bits per heavy atom. The zero-order chi connectivity index (χ0) is 13.3. The van der Waals surface area contributed by atoms with Crippen molar-refractivity contribution in [1.82, 2.24) is 9.80 Å². The van der Waals surface area contributed by atoms with Crippen LogP contribution in [-0.4, -0.2) is 53.8 Å².